The summed E-state index contributed by atoms with van der Waals surface area (Å²) < 4.78 is 17.9. The van der Waals surface area contributed by atoms with Crippen LogP contribution in [0, 0.1) is 17.1 Å². The molecule has 0 N–H and O–H groups in total. The molecule has 23 heavy (non-hydrogen) atoms. The highest BCUT2D eigenvalue weighted by atomic mass is 127. The van der Waals surface area contributed by atoms with E-state index in [1.807, 2.05) is 11.5 Å². The van der Waals surface area contributed by atoms with Gasteiger partial charge in [-0.2, -0.15) is 5.26 Å². The molecule has 1 aromatic heterocycles. The Hall–Kier alpha value is -1.39. The summed E-state index contributed by atoms with van der Waals surface area (Å²) in [5.74, 6) is -0.304. The lowest BCUT2D eigenvalue weighted by molar-refractivity contribution is 0.621. The Bertz CT molecular complexity index is 946. The van der Waals surface area contributed by atoms with Crippen molar-refractivity contribution in [3.63, 3.8) is 0 Å². The highest BCUT2D eigenvalue weighted by Gasteiger charge is 2.15. The molecule has 0 bridgehead atoms. The van der Waals surface area contributed by atoms with Gasteiger partial charge in [0.25, 0.3) is 0 Å². The number of hydrogen-bond acceptors (Lipinski definition) is 3. The number of nitrogens with zero attached hydrogens (tertiary/aromatic N) is 2. The lowest BCUT2D eigenvalue weighted by Gasteiger charge is -2.03. The van der Waals surface area contributed by atoms with Crippen LogP contribution in [-0.2, 0) is 0 Å². The van der Waals surface area contributed by atoms with E-state index in [1.54, 1.807) is 12.1 Å². The van der Waals surface area contributed by atoms with Crippen LogP contribution in [0.3, 0.4) is 0 Å². The van der Waals surface area contributed by atoms with Crippen LogP contribution in [0.4, 0.5) is 4.39 Å². The van der Waals surface area contributed by atoms with Gasteiger partial charge in [0.2, 0.25) is 0 Å². The van der Waals surface area contributed by atoms with E-state index >= 15 is 0 Å². The molecule has 0 unspecified atom stereocenters. The van der Waals surface area contributed by atoms with Crippen LogP contribution in [0.1, 0.15) is 5.69 Å². The molecule has 0 fully saturated rings. The summed E-state index contributed by atoms with van der Waals surface area (Å²) in [4.78, 5) is 4.62. The zero-order valence-corrected chi connectivity index (χ0v) is 16.3. The first kappa shape index (κ1) is 16.5. The van der Waals surface area contributed by atoms with E-state index < -0.39 is 0 Å². The summed E-state index contributed by atoms with van der Waals surface area (Å²) >= 11 is 4.43. The summed E-state index contributed by atoms with van der Waals surface area (Å²) in [6, 6.07) is 7.05. The van der Waals surface area contributed by atoms with Crippen molar-refractivity contribution in [2.45, 2.75) is 0 Å². The fourth-order valence-electron chi connectivity index (χ4n) is 2.04. The Morgan fingerprint density at radius 3 is 3.04 bits per heavy atom. The SMILES string of the molecule is C=C1CI=C=CC(c2csc(-c3ccc(F)c(Br)c3)n2)=C1C#N. The number of alkyl halides is 1. The molecule has 0 saturated heterocycles. The van der Waals surface area contributed by atoms with Crippen molar-refractivity contribution < 1.29 is 4.39 Å². The van der Waals surface area contributed by atoms with Gasteiger partial charge < -0.3 is 0 Å². The lowest BCUT2D eigenvalue weighted by atomic mass is 10.0. The largest absolute Gasteiger partial charge is 0.236 e. The highest BCUT2D eigenvalue weighted by molar-refractivity contribution is 14.2. The number of benzene rings is 1. The number of allylic oxidation sites excluding steroid dienone is 4. The maximum Gasteiger partial charge on any atom is 0.137 e. The van der Waals surface area contributed by atoms with Gasteiger partial charge in [-0.3, -0.25) is 0 Å². The molecular formula is C17H9BrFIN2S. The van der Waals surface area contributed by atoms with Gasteiger partial charge >= 0.3 is 0 Å². The van der Waals surface area contributed by atoms with Gasteiger partial charge in [0.1, 0.15) is 16.9 Å². The second kappa shape index (κ2) is 7.02. The van der Waals surface area contributed by atoms with Crippen LogP contribution >= 0.6 is 48.0 Å². The number of halogens is 3. The first-order valence-corrected chi connectivity index (χ1v) is 10.8. The van der Waals surface area contributed by atoms with Crippen molar-refractivity contribution in [2.75, 3.05) is 4.43 Å². The van der Waals surface area contributed by atoms with Gasteiger partial charge in [0.05, 0.1) is 15.7 Å². The van der Waals surface area contributed by atoms with E-state index in [0.717, 1.165) is 31.8 Å². The fraction of sp³-hybridized carbons (Fsp3) is 0.0588. The molecule has 2 aromatic rings. The number of rotatable bonds is 2. The topological polar surface area (TPSA) is 36.7 Å². The first-order valence-electron chi connectivity index (χ1n) is 6.51. The van der Waals surface area contributed by atoms with E-state index in [2.05, 4.69) is 37.2 Å². The number of hydrogen-bond donors (Lipinski definition) is 0. The van der Waals surface area contributed by atoms with Gasteiger partial charge in [0.15, 0.2) is 0 Å². The standard InChI is InChI=1S/C17H9BrFIN2S/c1-10-7-20-5-4-12(13(10)8-21)16-9-23-17(22-16)11-2-3-15(19)14(18)6-11/h2-4,6,9H,1,7H2. The summed E-state index contributed by atoms with van der Waals surface area (Å²) in [5, 5.41) is 12.1. The van der Waals surface area contributed by atoms with E-state index in [-0.39, 0.29) is 26.5 Å². The van der Waals surface area contributed by atoms with Crippen molar-refractivity contribution in [1.29, 1.82) is 5.26 Å². The number of nitriles is 1. The van der Waals surface area contributed by atoms with Crippen LogP contribution < -0.4 is 0 Å². The molecule has 114 valence electrons. The minimum absolute atomic E-state index is 0.222. The predicted molar refractivity (Wildman–Crippen MR) is 105 cm³/mol. The number of thiazole rings is 1. The zero-order valence-electron chi connectivity index (χ0n) is 11.7. The Morgan fingerprint density at radius 2 is 2.30 bits per heavy atom. The van der Waals surface area contributed by atoms with E-state index in [9.17, 15) is 9.65 Å². The maximum atomic E-state index is 13.4. The summed E-state index contributed by atoms with van der Waals surface area (Å²) in [7, 11) is 0. The molecular weight excluding hydrogens is 490 g/mol. The van der Waals surface area contributed by atoms with Crippen molar-refractivity contribution >= 4 is 57.2 Å². The number of aromatic nitrogens is 1. The van der Waals surface area contributed by atoms with Gasteiger partial charge in [0, 0.05) is 20.9 Å². The third-order valence-electron chi connectivity index (χ3n) is 3.19. The quantitative estimate of drug-likeness (QED) is 0.405. The monoisotopic (exact) mass is 498 g/mol. The third kappa shape index (κ3) is 3.43. The molecule has 0 radical (unpaired) electrons. The van der Waals surface area contributed by atoms with Gasteiger partial charge in [-0.25, -0.2) is 9.37 Å². The van der Waals surface area contributed by atoms with Gasteiger partial charge in [-0.1, -0.05) is 31.0 Å². The van der Waals surface area contributed by atoms with Crippen LogP contribution in [0.15, 0.2) is 51.9 Å². The molecule has 1 aliphatic rings. The van der Waals surface area contributed by atoms with Crippen LogP contribution in [0.2, 0.25) is 0 Å². The molecule has 0 amide bonds. The molecule has 0 saturated carbocycles. The summed E-state index contributed by atoms with van der Waals surface area (Å²) in [6.45, 7) is 4.00. The molecule has 1 aromatic carbocycles. The summed E-state index contributed by atoms with van der Waals surface area (Å²) in [6.07, 6.45) is 1.86. The predicted octanol–water partition coefficient (Wildman–Crippen LogP) is 5.49. The molecule has 3 rings (SSSR count). The average molecular weight is 499 g/mol. The van der Waals surface area contributed by atoms with Gasteiger partial charge in [-0.15, -0.1) is 11.3 Å². The van der Waals surface area contributed by atoms with Crippen molar-refractivity contribution in [2.24, 2.45) is 0 Å². The first-order chi connectivity index (χ1) is 11.1. The van der Waals surface area contributed by atoms with Crippen molar-refractivity contribution in [3.05, 3.63) is 63.4 Å². The van der Waals surface area contributed by atoms with Crippen LogP contribution in [0.25, 0.3) is 16.1 Å². The Balaban J connectivity index is 2.08. The van der Waals surface area contributed by atoms with Crippen molar-refractivity contribution in [1.82, 2.24) is 4.98 Å². The van der Waals surface area contributed by atoms with E-state index in [0.29, 0.717) is 10.0 Å². The Kier molecular flexibility index (Phi) is 5.02. The van der Waals surface area contributed by atoms with E-state index in [4.69, 9.17) is 0 Å². The van der Waals surface area contributed by atoms with Gasteiger partial charge in [-0.05, 0) is 45.8 Å². The Labute approximate surface area is 155 Å². The minimum Gasteiger partial charge on any atom is -0.236 e. The minimum atomic E-state index is -0.304. The third-order valence-corrected chi connectivity index (χ3v) is 6.74. The molecule has 6 heteroatoms. The van der Waals surface area contributed by atoms with Crippen LogP contribution in [0.5, 0.6) is 0 Å². The molecule has 2 nitrogen and oxygen atoms in total. The van der Waals surface area contributed by atoms with Crippen molar-refractivity contribution in [3.8, 4) is 16.6 Å². The summed E-state index contributed by atoms with van der Waals surface area (Å²) in [5.41, 5.74) is 3.80. The normalized spacial score (nSPS) is 14.4. The zero-order chi connectivity index (χ0) is 16.4. The average Bonchev–Trinajstić information content (AvgIpc) is 2.95. The highest BCUT2D eigenvalue weighted by Crippen LogP contribution is 2.32. The maximum absolute atomic E-state index is 13.4. The molecule has 0 spiro atoms. The van der Waals surface area contributed by atoms with Crippen LogP contribution in [-0.4, -0.2) is 13.1 Å². The molecule has 0 atom stereocenters. The molecule has 1 aliphatic heterocycles. The smallest absolute Gasteiger partial charge is 0.137 e. The molecule has 0 aliphatic carbocycles. The fourth-order valence-corrected chi connectivity index (χ4v) is 4.83. The lowest BCUT2D eigenvalue weighted by Crippen LogP contribution is -1.92. The second-order valence-corrected chi connectivity index (χ2v) is 8.55. The molecule has 2 heterocycles. The second-order valence-electron chi connectivity index (χ2n) is 4.69. The van der Waals surface area contributed by atoms with E-state index in [1.165, 1.54) is 17.4 Å². The Morgan fingerprint density at radius 1 is 1.48 bits per heavy atom.